The van der Waals surface area contributed by atoms with Gasteiger partial charge in [-0.3, -0.25) is 4.72 Å². The average Bonchev–Trinajstić information content (AvgIpc) is 2.40. The molecule has 0 saturated carbocycles. The summed E-state index contributed by atoms with van der Waals surface area (Å²) in [6, 6.07) is 5.54. The number of hydrogen-bond donors (Lipinski definition) is 2. The molecule has 0 aliphatic rings. The number of hydrogen-bond acceptors (Lipinski definition) is 3. The Labute approximate surface area is 130 Å². The first-order valence-electron chi connectivity index (χ1n) is 6.57. The Morgan fingerprint density at radius 3 is 2.65 bits per heavy atom. The number of nitrogens with zero attached hydrogens (tertiary/aromatic N) is 1. The predicted octanol–water partition coefficient (Wildman–Crippen LogP) is 2.21. The van der Waals surface area contributed by atoms with Crippen LogP contribution in [0.4, 0.5) is 5.69 Å². The van der Waals surface area contributed by atoms with E-state index < -0.39 is 10.2 Å². The van der Waals surface area contributed by atoms with E-state index in [4.69, 9.17) is 0 Å². The molecule has 20 heavy (non-hydrogen) atoms. The molecule has 0 amide bonds. The quantitative estimate of drug-likeness (QED) is 0.696. The van der Waals surface area contributed by atoms with Crippen LogP contribution in [0.1, 0.15) is 18.9 Å². The second-order valence-corrected chi connectivity index (χ2v) is 7.23. The topological polar surface area (TPSA) is 61.4 Å². The van der Waals surface area contributed by atoms with Crippen molar-refractivity contribution in [2.75, 3.05) is 31.9 Å². The minimum Gasteiger partial charge on any atom is -0.320 e. The number of rotatable bonds is 8. The fraction of sp³-hybridized carbons (Fsp3) is 0.538. The molecule has 1 aromatic carbocycles. The van der Waals surface area contributed by atoms with Crippen LogP contribution in [-0.2, 0) is 16.6 Å². The van der Waals surface area contributed by atoms with Crippen molar-refractivity contribution in [1.82, 2.24) is 9.62 Å². The van der Waals surface area contributed by atoms with Gasteiger partial charge in [-0.25, -0.2) is 0 Å². The zero-order valence-electron chi connectivity index (χ0n) is 12.1. The molecule has 0 aliphatic heterocycles. The molecule has 0 saturated heterocycles. The second kappa shape index (κ2) is 7.97. The molecule has 1 rings (SSSR count). The zero-order valence-corrected chi connectivity index (χ0v) is 14.5. The molecule has 0 spiro atoms. The van der Waals surface area contributed by atoms with Gasteiger partial charge in [-0.1, -0.05) is 22.9 Å². The molecule has 114 valence electrons. The standard InChI is InChI=1S/C13H22BrN3O2S/c1-4-11-10-12(14)6-7-13(11)16-20(18,19)17(3)9-5-8-15-2/h6-7,10,15-16H,4-5,8-9H2,1-3H3. The lowest BCUT2D eigenvalue weighted by atomic mass is 10.1. The lowest BCUT2D eigenvalue weighted by Crippen LogP contribution is -2.34. The Balaban J connectivity index is 2.80. The molecule has 2 N–H and O–H groups in total. The molecule has 0 bridgehead atoms. The Kier molecular flexibility index (Phi) is 6.94. The van der Waals surface area contributed by atoms with Gasteiger partial charge >= 0.3 is 10.2 Å². The molecule has 1 aromatic rings. The summed E-state index contributed by atoms with van der Waals surface area (Å²) in [5, 5.41) is 3.00. The summed E-state index contributed by atoms with van der Waals surface area (Å²) < 4.78 is 29.4. The van der Waals surface area contributed by atoms with Crippen molar-refractivity contribution in [3.05, 3.63) is 28.2 Å². The summed E-state index contributed by atoms with van der Waals surface area (Å²) in [7, 11) is -0.0639. The Morgan fingerprint density at radius 2 is 2.05 bits per heavy atom. The van der Waals surface area contributed by atoms with Crippen LogP contribution in [0.3, 0.4) is 0 Å². The molecule has 0 unspecified atom stereocenters. The first-order valence-corrected chi connectivity index (χ1v) is 8.81. The Morgan fingerprint density at radius 1 is 1.35 bits per heavy atom. The highest BCUT2D eigenvalue weighted by Gasteiger charge is 2.18. The average molecular weight is 364 g/mol. The van der Waals surface area contributed by atoms with Crippen molar-refractivity contribution in [2.24, 2.45) is 0 Å². The maximum atomic E-state index is 12.2. The largest absolute Gasteiger partial charge is 0.320 e. The van der Waals surface area contributed by atoms with Crippen molar-refractivity contribution in [3.8, 4) is 0 Å². The van der Waals surface area contributed by atoms with Crippen LogP contribution >= 0.6 is 15.9 Å². The zero-order chi connectivity index (χ0) is 15.2. The highest BCUT2D eigenvalue weighted by atomic mass is 79.9. The second-order valence-electron chi connectivity index (χ2n) is 4.54. The van der Waals surface area contributed by atoms with Crippen molar-refractivity contribution in [1.29, 1.82) is 0 Å². The van der Waals surface area contributed by atoms with E-state index in [1.807, 2.05) is 26.1 Å². The van der Waals surface area contributed by atoms with Gasteiger partial charge in [0.05, 0.1) is 5.69 Å². The monoisotopic (exact) mass is 363 g/mol. The summed E-state index contributed by atoms with van der Waals surface area (Å²) in [5.41, 5.74) is 1.60. The van der Waals surface area contributed by atoms with E-state index in [0.717, 1.165) is 29.4 Å². The highest BCUT2D eigenvalue weighted by Crippen LogP contribution is 2.23. The van der Waals surface area contributed by atoms with Gasteiger partial charge in [0.2, 0.25) is 0 Å². The van der Waals surface area contributed by atoms with Gasteiger partial charge in [0, 0.05) is 18.1 Å². The van der Waals surface area contributed by atoms with E-state index in [1.165, 1.54) is 4.31 Å². The third-order valence-electron chi connectivity index (χ3n) is 3.00. The molecular formula is C13H22BrN3O2S. The number of anilines is 1. The minimum absolute atomic E-state index is 0.480. The first-order chi connectivity index (χ1) is 9.40. The number of halogens is 1. The van der Waals surface area contributed by atoms with Gasteiger partial charge < -0.3 is 5.32 Å². The van der Waals surface area contributed by atoms with Crippen LogP contribution in [0, 0.1) is 0 Å². The molecule has 0 fully saturated rings. The normalized spacial score (nSPS) is 11.8. The maximum Gasteiger partial charge on any atom is 0.301 e. The molecule has 0 heterocycles. The van der Waals surface area contributed by atoms with Crippen LogP contribution in [0.5, 0.6) is 0 Å². The van der Waals surface area contributed by atoms with E-state index in [2.05, 4.69) is 26.0 Å². The summed E-state index contributed by atoms with van der Waals surface area (Å²) in [6.07, 6.45) is 1.54. The molecule has 0 aromatic heterocycles. The first kappa shape index (κ1) is 17.4. The number of nitrogens with one attached hydrogen (secondary N) is 2. The van der Waals surface area contributed by atoms with E-state index in [0.29, 0.717) is 12.2 Å². The fourth-order valence-corrected chi connectivity index (χ4v) is 3.18. The van der Waals surface area contributed by atoms with E-state index in [1.54, 1.807) is 13.1 Å². The van der Waals surface area contributed by atoms with Crippen LogP contribution in [0.25, 0.3) is 0 Å². The van der Waals surface area contributed by atoms with Crippen molar-refractivity contribution in [3.63, 3.8) is 0 Å². The lowest BCUT2D eigenvalue weighted by molar-refractivity contribution is 0.462. The van der Waals surface area contributed by atoms with Crippen LogP contribution in [-0.4, -0.2) is 39.9 Å². The van der Waals surface area contributed by atoms with E-state index in [9.17, 15) is 8.42 Å². The Bertz CT molecular complexity index is 534. The van der Waals surface area contributed by atoms with Gasteiger partial charge in [-0.15, -0.1) is 0 Å². The smallest absolute Gasteiger partial charge is 0.301 e. The lowest BCUT2D eigenvalue weighted by Gasteiger charge is -2.19. The van der Waals surface area contributed by atoms with Crippen molar-refractivity contribution < 1.29 is 8.42 Å². The molecule has 0 radical (unpaired) electrons. The SMILES string of the molecule is CCc1cc(Br)ccc1NS(=O)(=O)N(C)CCCNC. The minimum atomic E-state index is -3.50. The summed E-state index contributed by atoms with van der Waals surface area (Å²) >= 11 is 3.39. The third kappa shape index (κ3) is 5.05. The fourth-order valence-electron chi connectivity index (χ4n) is 1.77. The Hall–Kier alpha value is -0.630. The molecule has 5 nitrogen and oxygen atoms in total. The van der Waals surface area contributed by atoms with Gasteiger partial charge in [0.1, 0.15) is 0 Å². The van der Waals surface area contributed by atoms with Gasteiger partial charge in [0.25, 0.3) is 0 Å². The maximum absolute atomic E-state index is 12.2. The summed E-state index contributed by atoms with van der Waals surface area (Å²) in [6.45, 7) is 3.27. The summed E-state index contributed by atoms with van der Waals surface area (Å²) in [5.74, 6) is 0. The number of aryl methyl sites for hydroxylation is 1. The number of benzene rings is 1. The van der Waals surface area contributed by atoms with Crippen LogP contribution < -0.4 is 10.0 Å². The third-order valence-corrected chi connectivity index (χ3v) is 4.97. The van der Waals surface area contributed by atoms with Crippen molar-refractivity contribution in [2.45, 2.75) is 19.8 Å². The molecule has 0 atom stereocenters. The van der Waals surface area contributed by atoms with E-state index in [-0.39, 0.29) is 0 Å². The van der Waals surface area contributed by atoms with Crippen molar-refractivity contribution >= 4 is 31.8 Å². The van der Waals surface area contributed by atoms with Crippen LogP contribution in [0.15, 0.2) is 22.7 Å². The van der Waals surface area contributed by atoms with Gasteiger partial charge in [0.15, 0.2) is 0 Å². The molecule has 0 aliphatic carbocycles. The van der Waals surface area contributed by atoms with Gasteiger partial charge in [-0.05, 0) is 50.2 Å². The highest BCUT2D eigenvalue weighted by molar-refractivity contribution is 9.10. The summed E-state index contributed by atoms with van der Waals surface area (Å²) in [4.78, 5) is 0. The molecule has 7 heteroatoms. The van der Waals surface area contributed by atoms with Crippen LogP contribution in [0.2, 0.25) is 0 Å². The predicted molar refractivity (Wildman–Crippen MR) is 87.2 cm³/mol. The van der Waals surface area contributed by atoms with Gasteiger partial charge in [-0.2, -0.15) is 12.7 Å². The molecular weight excluding hydrogens is 342 g/mol. The van der Waals surface area contributed by atoms with E-state index >= 15 is 0 Å².